The molecular formula is C17H20BClO3. The Kier molecular flexibility index (Phi) is 5.17. The zero-order valence-corrected chi connectivity index (χ0v) is 13.8. The monoisotopic (exact) mass is 318 g/mol. The molecule has 0 aliphatic rings. The van der Waals surface area contributed by atoms with Gasteiger partial charge in [-0.3, -0.25) is 0 Å². The number of halogens is 1. The summed E-state index contributed by atoms with van der Waals surface area (Å²) in [5.74, 6) is 0.459. The fourth-order valence-electron chi connectivity index (χ4n) is 2.08. The number of benzene rings is 2. The SMILES string of the molecule is CC(C)(C)c1cc(OCc2ccccc2)c(Cl)c(B(O)O)c1. The van der Waals surface area contributed by atoms with Crippen LogP contribution in [0.4, 0.5) is 0 Å². The summed E-state index contributed by atoms with van der Waals surface area (Å²) in [6.45, 7) is 6.51. The molecule has 0 bridgehead atoms. The summed E-state index contributed by atoms with van der Waals surface area (Å²) in [5, 5.41) is 19.3. The molecule has 22 heavy (non-hydrogen) atoms. The van der Waals surface area contributed by atoms with Gasteiger partial charge >= 0.3 is 7.12 Å². The van der Waals surface area contributed by atoms with Gasteiger partial charge in [0.25, 0.3) is 0 Å². The van der Waals surface area contributed by atoms with Crippen LogP contribution in [0.25, 0.3) is 0 Å². The van der Waals surface area contributed by atoms with Crippen LogP contribution in [0.15, 0.2) is 42.5 Å². The minimum Gasteiger partial charge on any atom is -0.487 e. The Labute approximate surface area is 136 Å². The summed E-state index contributed by atoms with van der Waals surface area (Å²) in [5.41, 5.74) is 2.06. The van der Waals surface area contributed by atoms with Crippen molar-refractivity contribution < 1.29 is 14.8 Å². The number of ether oxygens (including phenoxy) is 1. The Balaban J connectivity index is 2.35. The van der Waals surface area contributed by atoms with E-state index < -0.39 is 7.12 Å². The minimum absolute atomic E-state index is 0.154. The van der Waals surface area contributed by atoms with E-state index in [1.807, 2.05) is 57.2 Å². The van der Waals surface area contributed by atoms with Crippen molar-refractivity contribution in [3.05, 3.63) is 58.6 Å². The fourth-order valence-corrected chi connectivity index (χ4v) is 2.34. The maximum absolute atomic E-state index is 9.52. The molecule has 0 radical (unpaired) electrons. The van der Waals surface area contributed by atoms with E-state index in [9.17, 15) is 10.0 Å². The Morgan fingerprint density at radius 2 is 1.73 bits per heavy atom. The standard InChI is InChI=1S/C17H20BClO3/c1-17(2,3)13-9-14(18(20)21)16(19)15(10-13)22-11-12-7-5-4-6-8-12/h4-10,20-21H,11H2,1-3H3. The highest BCUT2D eigenvalue weighted by Gasteiger charge is 2.24. The van der Waals surface area contributed by atoms with E-state index in [0.29, 0.717) is 12.4 Å². The lowest BCUT2D eigenvalue weighted by Gasteiger charge is -2.22. The first-order valence-corrected chi connectivity index (χ1v) is 7.53. The van der Waals surface area contributed by atoms with Crippen LogP contribution in [-0.2, 0) is 12.0 Å². The molecule has 2 aromatic rings. The van der Waals surface area contributed by atoms with Gasteiger partial charge in [0.1, 0.15) is 12.4 Å². The predicted molar refractivity (Wildman–Crippen MR) is 90.8 cm³/mol. The zero-order valence-electron chi connectivity index (χ0n) is 13.0. The third kappa shape index (κ3) is 4.04. The smallest absolute Gasteiger partial charge is 0.487 e. The quantitative estimate of drug-likeness (QED) is 0.852. The summed E-state index contributed by atoms with van der Waals surface area (Å²) in [6, 6.07) is 13.3. The minimum atomic E-state index is -1.63. The lowest BCUT2D eigenvalue weighted by molar-refractivity contribution is 0.305. The van der Waals surface area contributed by atoms with Gasteiger partial charge in [-0.25, -0.2) is 0 Å². The molecule has 3 nitrogen and oxygen atoms in total. The summed E-state index contributed by atoms with van der Waals surface area (Å²) < 4.78 is 5.80. The second kappa shape index (κ2) is 6.74. The highest BCUT2D eigenvalue weighted by atomic mass is 35.5. The van der Waals surface area contributed by atoms with Crippen LogP contribution in [-0.4, -0.2) is 17.2 Å². The van der Waals surface area contributed by atoms with Crippen molar-refractivity contribution in [3.63, 3.8) is 0 Å². The molecule has 0 saturated carbocycles. The van der Waals surface area contributed by atoms with E-state index in [1.54, 1.807) is 6.07 Å². The van der Waals surface area contributed by atoms with Gasteiger partial charge in [0.15, 0.2) is 0 Å². The molecule has 0 amide bonds. The van der Waals surface area contributed by atoms with Crippen LogP contribution < -0.4 is 10.2 Å². The van der Waals surface area contributed by atoms with Gasteiger partial charge < -0.3 is 14.8 Å². The molecule has 0 heterocycles. The molecular weight excluding hydrogens is 298 g/mol. The van der Waals surface area contributed by atoms with Gasteiger partial charge in [0, 0.05) is 5.46 Å². The number of hydrogen-bond acceptors (Lipinski definition) is 3. The number of rotatable bonds is 4. The molecule has 0 aromatic heterocycles. The molecule has 0 saturated heterocycles. The molecule has 0 atom stereocenters. The van der Waals surface area contributed by atoms with Crippen LogP contribution in [0.1, 0.15) is 31.9 Å². The molecule has 0 spiro atoms. The molecule has 2 aromatic carbocycles. The average molecular weight is 319 g/mol. The second-order valence-electron chi connectivity index (χ2n) is 6.28. The van der Waals surface area contributed by atoms with Crippen LogP contribution in [0.3, 0.4) is 0 Å². The second-order valence-corrected chi connectivity index (χ2v) is 6.65. The van der Waals surface area contributed by atoms with Crippen molar-refractivity contribution in [1.29, 1.82) is 0 Å². The zero-order chi connectivity index (χ0) is 16.3. The Hall–Kier alpha value is -1.49. The van der Waals surface area contributed by atoms with Gasteiger partial charge in [-0.15, -0.1) is 0 Å². The average Bonchev–Trinajstić information content (AvgIpc) is 2.45. The summed E-state index contributed by atoms with van der Waals surface area (Å²) >= 11 is 6.25. The molecule has 5 heteroatoms. The van der Waals surface area contributed by atoms with Crippen molar-refractivity contribution in [3.8, 4) is 5.75 Å². The van der Waals surface area contributed by atoms with Crippen LogP contribution in [0.2, 0.25) is 5.02 Å². The molecule has 116 valence electrons. The van der Waals surface area contributed by atoms with E-state index in [4.69, 9.17) is 16.3 Å². The molecule has 0 fully saturated rings. The summed E-state index contributed by atoms with van der Waals surface area (Å²) in [4.78, 5) is 0. The van der Waals surface area contributed by atoms with Crippen molar-refractivity contribution in [1.82, 2.24) is 0 Å². The Morgan fingerprint density at radius 1 is 1.09 bits per heavy atom. The van der Waals surface area contributed by atoms with Crippen LogP contribution in [0, 0.1) is 0 Å². The van der Waals surface area contributed by atoms with Crippen LogP contribution >= 0.6 is 11.6 Å². The first-order chi connectivity index (χ1) is 10.3. The topological polar surface area (TPSA) is 49.7 Å². The normalized spacial score (nSPS) is 11.4. The first-order valence-electron chi connectivity index (χ1n) is 7.16. The third-order valence-corrected chi connectivity index (χ3v) is 3.85. The van der Waals surface area contributed by atoms with Crippen molar-refractivity contribution in [2.24, 2.45) is 0 Å². The third-order valence-electron chi connectivity index (χ3n) is 3.45. The predicted octanol–water partition coefficient (Wildman–Crippen LogP) is 2.90. The Morgan fingerprint density at radius 3 is 2.27 bits per heavy atom. The highest BCUT2D eigenvalue weighted by Crippen LogP contribution is 2.31. The number of hydrogen-bond donors (Lipinski definition) is 2. The van der Waals surface area contributed by atoms with Crippen molar-refractivity contribution >= 4 is 24.2 Å². The van der Waals surface area contributed by atoms with Gasteiger partial charge in [0.05, 0.1) is 5.02 Å². The van der Waals surface area contributed by atoms with Gasteiger partial charge in [-0.05, 0) is 22.6 Å². The maximum Gasteiger partial charge on any atom is 0.490 e. The van der Waals surface area contributed by atoms with E-state index in [1.165, 1.54) is 0 Å². The maximum atomic E-state index is 9.52. The van der Waals surface area contributed by atoms with E-state index in [2.05, 4.69) is 0 Å². The molecule has 2 N–H and O–H groups in total. The molecule has 0 aliphatic carbocycles. The van der Waals surface area contributed by atoms with Crippen molar-refractivity contribution in [2.45, 2.75) is 32.8 Å². The summed E-state index contributed by atoms with van der Waals surface area (Å²) in [6.07, 6.45) is 0. The molecule has 2 rings (SSSR count). The molecule has 0 aliphatic heterocycles. The van der Waals surface area contributed by atoms with E-state index >= 15 is 0 Å². The van der Waals surface area contributed by atoms with E-state index in [0.717, 1.165) is 11.1 Å². The largest absolute Gasteiger partial charge is 0.490 e. The Bertz CT molecular complexity index is 636. The van der Waals surface area contributed by atoms with Crippen molar-refractivity contribution in [2.75, 3.05) is 0 Å². The highest BCUT2D eigenvalue weighted by molar-refractivity contribution is 6.63. The lowest BCUT2D eigenvalue weighted by atomic mass is 9.76. The van der Waals surface area contributed by atoms with E-state index in [-0.39, 0.29) is 15.9 Å². The summed E-state index contributed by atoms with van der Waals surface area (Å²) in [7, 11) is -1.63. The lowest BCUT2D eigenvalue weighted by Crippen LogP contribution is -2.32. The van der Waals surface area contributed by atoms with Gasteiger partial charge in [-0.1, -0.05) is 68.8 Å². The first kappa shape index (κ1) is 16.9. The van der Waals surface area contributed by atoms with Gasteiger partial charge in [0.2, 0.25) is 0 Å². The molecule has 0 unspecified atom stereocenters. The van der Waals surface area contributed by atoms with Crippen LogP contribution in [0.5, 0.6) is 5.75 Å². The fraction of sp³-hybridized carbons (Fsp3) is 0.294. The van der Waals surface area contributed by atoms with Gasteiger partial charge in [-0.2, -0.15) is 0 Å².